The molecule has 0 spiro atoms. The minimum atomic E-state index is -0.216. The summed E-state index contributed by atoms with van der Waals surface area (Å²) in [4.78, 5) is 18.1. The Hall–Kier alpha value is -3.40. The largest absolute Gasteiger partial charge is 0.494 e. The molecule has 1 aromatic carbocycles. The van der Waals surface area contributed by atoms with Gasteiger partial charge in [-0.15, -0.1) is 4.68 Å². The van der Waals surface area contributed by atoms with Gasteiger partial charge in [-0.25, -0.2) is 0 Å². The van der Waals surface area contributed by atoms with Crippen molar-refractivity contribution in [1.29, 1.82) is 0 Å². The van der Waals surface area contributed by atoms with Crippen molar-refractivity contribution >= 4 is 28.9 Å². The fourth-order valence-corrected chi connectivity index (χ4v) is 5.16. The van der Waals surface area contributed by atoms with Gasteiger partial charge in [-0.05, 0) is 42.9 Å². The molecule has 0 radical (unpaired) electrons. The molecule has 2 fully saturated rings. The molecule has 2 saturated heterocycles. The summed E-state index contributed by atoms with van der Waals surface area (Å²) in [6, 6.07) is 7.77. The smallest absolute Gasteiger partial charge is 0.401 e. The van der Waals surface area contributed by atoms with Gasteiger partial charge in [0.15, 0.2) is 18.1 Å². The van der Waals surface area contributed by atoms with Crippen molar-refractivity contribution in [2.45, 2.75) is 52.0 Å². The van der Waals surface area contributed by atoms with Crippen LogP contribution in [0.4, 0.5) is 17.5 Å². The number of rotatable bonds is 6. The topological polar surface area (TPSA) is 102 Å². The molecule has 0 amide bonds. The number of hydrogen-bond donors (Lipinski definition) is 1. The zero-order chi connectivity index (χ0) is 26.2. The van der Waals surface area contributed by atoms with Crippen LogP contribution in [0.3, 0.4) is 0 Å². The van der Waals surface area contributed by atoms with Crippen LogP contribution in [0, 0.1) is 0 Å². The molecular weight excluding hydrogens is 470 g/mol. The summed E-state index contributed by atoms with van der Waals surface area (Å²) >= 11 is 0. The SMILES string of the molecule is COc1c(N2CCOCC2)cc(C(=O)C[n+]2nc3ccc(N4CCCCC4)nn3c2N)cc1C(C)(C)C. The molecule has 198 valence electrons. The number of fused-ring (bicyclic) bond motifs is 1. The van der Waals surface area contributed by atoms with E-state index in [0.29, 0.717) is 30.4 Å². The van der Waals surface area contributed by atoms with Gasteiger partial charge in [-0.3, -0.25) is 10.5 Å². The first-order valence-electron chi connectivity index (χ1n) is 13.1. The van der Waals surface area contributed by atoms with Crippen molar-refractivity contribution in [1.82, 2.24) is 14.7 Å². The number of carbonyl (C=O) groups is 1. The fraction of sp³-hybridized carbons (Fsp3) is 0.556. The van der Waals surface area contributed by atoms with Crippen molar-refractivity contribution in [3.63, 3.8) is 0 Å². The van der Waals surface area contributed by atoms with Gasteiger partial charge in [0.25, 0.3) is 5.65 Å². The fourth-order valence-electron chi connectivity index (χ4n) is 5.16. The molecule has 4 heterocycles. The van der Waals surface area contributed by atoms with E-state index in [1.54, 1.807) is 16.3 Å². The highest BCUT2D eigenvalue weighted by Crippen LogP contribution is 2.40. The van der Waals surface area contributed by atoms with E-state index in [9.17, 15) is 4.79 Å². The zero-order valence-corrected chi connectivity index (χ0v) is 22.4. The predicted octanol–water partition coefficient (Wildman–Crippen LogP) is 2.61. The number of ether oxygens (including phenoxy) is 2. The van der Waals surface area contributed by atoms with Gasteiger partial charge in [0.1, 0.15) is 5.75 Å². The molecule has 2 N–H and O–H groups in total. The first-order valence-corrected chi connectivity index (χ1v) is 13.1. The van der Waals surface area contributed by atoms with Gasteiger partial charge in [0.05, 0.1) is 26.0 Å². The Morgan fingerprint density at radius 2 is 1.81 bits per heavy atom. The second-order valence-corrected chi connectivity index (χ2v) is 10.9. The van der Waals surface area contributed by atoms with Gasteiger partial charge >= 0.3 is 5.95 Å². The molecule has 37 heavy (non-hydrogen) atoms. The number of nitrogen functional groups attached to an aromatic ring is 1. The van der Waals surface area contributed by atoms with Crippen LogP contribution < -0.4 is 25.0 Å². The van der Waals surface area contributed by atoms with Gasteiger partial charge in [0.2, 0.25) is 0 Å². The molecule has 5 rings (SSSR count). The van der Waals surface area contributed by atoms with Gasteiger partial charge in [-0.1, -0.05) is 35.5 Å². The number of nitrogens with two attached hydrogens (primary N) is 1. The molecule has 0 unspecified atom stereocenters. The maximum absolute atomic E-state index is 13.6. The summed E-state index contributed by atoms with van der Waals surface area (Å²) in [5.41, 5.74) is 9.36. The average Bonchev–Trinajstić information content (AvgIpc) is 3.22. The van der Waals surface area contributed by atoms with Crippen LogP contribution in [0.2, 0.25) is 0 Å². The Morgan fingerprint density at radius 3 is 2.49 bits per heavy atom. The highest BCUT2D eigenvalue weighted by Gasteiger charge is 2.28. The lowest BCUT2D eigenvalue weighted by Gasteiger charge is -2.33. The number of Topliss-reactive ketones (excluding diaryl/α,β-unsaturated/α-hetero) is 1. The summed E-state index contributed by atoms with van der Waals surface area (Å²) < 4.78 is 14.6. The van der Waals surface area contributed by atoms with E-state index in [-0.39, 0.29) is 17.7 Å². The quantitative estimate of drug-likeness (QED) is 0.401. The molecule has 2 aromatic heterocycles. The number of nitrogens with zero attached hydrogens (tertiary/aromatic N) is 6. The first kappa shape index (κ1) is 25.3. The molecule has 0 bridgehead atoms. The van der Waals surface area contributed by atoms with Crippen LogP contribution in [0.5, 0.6) is 5.75 Å². The molecule has 10 nitrogen and oxygen atoms in total. The lowest BCUT2D eigenvalue weighted by Crippen LogP contribution is -2.42. The monoisotopic (exact) mass is 508 g/mol. The lowest BCUT2D eigenvalue weighted by molar-refractivity contribution is -0.723. The molecular formula is C27H38N7O3+. The molecule has 0 aliphatic carbocycles. The standard InChI is InChI=1S/C27H37N7O3/c1-27(2,3)20-16-19(17-21(25(20)36-4)31-12-14-37-15-13-31)22(35)18-33-26(28)34-24(29-33)9-8-23(30-34)32-10-6-5-7-11-32/h8-9,16-17,28H,5-7,10-15,18H2,1-4H3/p+1. The maximum atomic E-state index is 13.6. The highest BCUT2D eigenvalue weighted by molar-refractivity contribution is 5.97. The van der Waals surface area contributed by atoms with E-state index in [0.717, 1.165) is 49.0 Å². The summed E-state index contributed by atoms with van der Waals surface area (Å²) in [6.07, 6.45) is 3.58. The van der Waals surface area contributed by atoms with Crippen LogP contribution in [-0.4, -0.2) is 67.0 Å². The first-order chi connectivity index (χ1) is 17.8. The second kappa shape index (κ2) is 10.2. The summed E-state index contributed by atoms with van der Waals surface area (Å²) in [7, 11) is 1.69. The van der Waals surface area contributed by atoms with Gasteiger partial charge in [0, 0.05) is 43.4 Å². The van der Waals surface area contributed by atoms with E-state index >= 15 is 0 Å². The number of aromatic nitrogens is 4. The van der Waals surface area contributed by atoms with Gasteiger partial charge < -0.3 is 19.3 Å². The number of ketones is 1. The molecule has 2 aliphatic rings. The summed E-state index contributed by atoms with van der Waals surface area (Å²) in [5.74, 6) is 1.95. The normalized spacial score (nSPS) is 16.9. The van der Waals surface area contributed by atoms with Crippen molar-refractivity contribution in [2.24, 2.45) is 0 Å². The number of benzene rings is 1. The van der Waals surface area contributed by atoms with Crippen LogP contribution in [0.1, 0.15) is 56.0 Å². The molecule has 0 atom stereocenters. The van der Waals surface area contributed by atoms with Crippen molar-refractivity contribution in [3.05, 3.63) is 35.4 Å². The third-order valence-corrected chi connectivity index (χ3v) is 7.23. The van der Waals surface area contributed by atoms with E-state index < -0.39 is 0 Å². The number of methoxy groups -OCH3 is 1. The Balaban J connectivity index is 1.48. The molecule has 3 aromatic rings. The van der Waals surface area contributed by atoms with Crippen LogP contribution in [0.25, 0.3) is 5.65 Å². The van der Waals surface area contributed by atoms with Crippen LogP contribution >= 0.6 is 0 Å². The number of anilines is 3. The van der Waals surface area contributed by atoms with Crippen LogP contribution in [-0.2, 0) is 16.7 Å². The minimum absolute atomic E-state index is 0.0205. The van der Waals surface area contributed by atoms with E-state index in [1.807, 2.05) is 24.3 Å². The van der Waals surface area contributed by atoms with Crippen molar-refractivity contribution < 1.29 is 19.0 Å². The summed E-state index contributed by atoms with van der Waals surface area (Å²) in [6.45, 7) is 11.2. The molecule has 2 aliphatic heterocycles. The van der Waals surface area contributed by atoms with E-state index in [1.165, 1.54) is 19.3 Å². The molecule has 0 saturated carbocycles. The van der Waals surface area contributed by atoms with Crippen molar-refractivity contribution in [2.75, 3.05) is 62.0 Å². The Kier molecular flexibility index (Phi) is 6.94. The third-order valence-electron chi connectivity index (χ3n) is 7.23. The molecule has 10 heteroatoms. The average molecular weight is 509 g/mol. The maximum Gasteiger partial charge on any atom is 0.401 e. The Bertz CT molecular complexity index is 1290. The van der Waals surface area contributed by atoms with E-state index in [4.69, 9.17) is 20.3 Å². The summed E-state index contributed by atoms with van der Waals surface area (Å²) in [5, 5.41) is 9.31. The number of hydrogen-bond acceptors (Lipinski definition) is 8. The highest BCUT2D eigenvalue weighted by atomic mass is 16.5. The second-order valence-electron chi connectivity index (χ2n) is 10.9. The Labute approximate surface area is 217 Å². The number of carbonyl (C=O) groups excluding carboxylic acids is 1. The van der Waals surface area contributed by atoms with Gasteiger partial charge in [-0.2, -0.15) is 0 Å². The van der Waals surface area contributed by atoms with E-state index in [2.05, 4.69) is 35.7 Å². The van der Waals surface area contributed by atoms with Crippen molar-refractivity contribution in [3.8, 4) is 5.75 Å². The van der Waals surface area contributed by atoms with Crippen LogP contribution in [0.15, 0.2) is 24.3 Å². The predicted molar refractivity (Wildman–Crippen MR) is 143 cm³/mol. The minimum Gasteiger partial charge on any atom is -0.494 e. The number of morpholine rings is 1. The zero-order valence-electron chi connectivity index (χ0n) is 22.4. The third kappa shape index (κ3) is 5.07. The Morgan fingerprint density at radius 1 is 1.08 bits per heavy atom. The lowest BCUT2D eigenvalue weighted by atomic mass is 9.84. The number of piperidine rings is 1.